The molecule has 1 amide bonds. The molecule has 0 aliphatic rings. The molecule has 3 nitrogen and oxygen atoms in total. The highest BCUT2D eigenvalue weighted by Gasteiger charge is 2.02. The summed E-state index contributed by atoms with van der Waals surface area (Å²) in [4.78, 5) is 11.4. The van der Waals surface area contributed by atoms with Crippen molar-refractivity contribution in [1.82, 2.24) is 5.32 Å². The Morgan fingerprint density at radius 1 is 1.25 bits per heavy atom. The zero-order valence-corrected chi connectivity index (χ0v) is 9.70. The Labute approximate surface area is 96.5 Å². The predicted molar refractivity (Wildman–Crippen MR) is 64.2 cm³/mol. The molecule has 0 aromatic heterocycles. The lowest BCUT2D eigenvalue weighted by molar-refractivity contribution is -0.120. The number of benzene rings is 1. The van der Waals surface area contributed by atoms with Gasteiger partial charge in [0.2, 0.25) is 5.91 Å². The van der Waals surface area contributed by atoms with Gasteiger partial charge in [-0.3, -0.25) is 4.79 Å². The van der Waals surface area contributed by atoms with Gasteiger partial charge in [-0.2, -0.15) is 0 Å². The van der Waals surface area contributed by atoms with Gasteiger partial charge in [0.1, 0.15) is 0 Å². The third kappa shape index (κ3) is 4.45. The molecule has 0 bridgehead atoms. The molecule has 0 aliphatic carbocycles. The lowest BCUT2D eigenvalue weighted by atomic mass is 10.1. The topological polar surface area (TPSA) is 49.3 Å². The van der Waals surface area contributed by atoms with Crippen LogP contribution in [0.4, 0.5) is 0 Å². The Hall–Kier alpha value is -1.35. The van der Waals surface area contributed by atoms with Crippen molar-refractivity contribution in [2.75, 3.05) is 13.2 Å². The van der Waals surface area contributed by atoms with Gasteiger partial charge >= 0.3 is 0 Å². The maximum absolute atomic E-state index is 11.4. The number of aliphatic hydroxyl groups is 1. The summed E-state index contributed by atoms with van der Waals surface area (Å²) in [6.07, 6.45) is 2.04. The molecule has 3 heteroatoms. The van der Waals surface area contributed by atoms with E-state index in [1.807, 2.05) is 12.1 Å². The van der Waals surface area contributed by atoms with Crippen LogP contribution in [0.5, 0.6) is 0 Å². The molecule has 1 aromatic rings. The molecule has 0 saturated carbocycles. The molecule has 1 aromatic carbocycles. The Kier molecular flexibility index (Phi) is 5.57. The number of rotatable bonds is 6. The molecular weight excluding hydrogens is 202 g/mol. The number of aliphatic hydroxyl groups excluding tert-OH is 1. The fourth-order valence-electron chi connectivity index (χ4n) is 1.45. The van der Waals surface area contributed by atoms with Gasteiger partial charge in [0.25, 0.3) is 0 Å². The molecule has 16 heavy (non-hydrogen) atoms. The Bertz CT molecular complexity index is 319. The zero-order chi connectivity index (χ0) is 11.8. The predicted octanol–water partition coefficient (Wildman–Crippen LogP) is 1.29. The van der Waals surface area contributed by atoms with E-state index in [1.165, 1.54) is 5.56 Å². The normalized spacial score (nSPS) is 10.1. The van der Waals surface area contributed by atoms with Crippen molar-refractivity contribution >= 4 is 5.91 Å². The second-order valence-corrected chi connectivity index (χ2v) is 3.77. The first kappa shape index (κ1) is 12.7. The van der Waals surface area contributed by atoms with E-state index < -0.39 is 0 Å². The number of nitrogens with one attached hydrogen (secondary N) is 1. The average Bonchev–Trinajstić information content (AvgIpc) is 2.30. The van der Waals surface area contributed by atoms with E-state index in [-0.39, 0.29) is 12.5 Å². The van der Waals surface area contributed by atoms with Crippen molar-refractivity contribution in [2.24, 2.45) is 0 Å². The third-order valence-electron chi connectivity index (χ3n) is 2.45. The average molecular weight is 221 g/mol. The summed E-state index contributed by atoms with van der Waals surface area (Å²) in [6, 6.07) is 8.08. The SMILES string of the molecule is CCc1ccc(CC(=O)NCCCO)cc1. The Balaban J connectivity index is 2.37. The number of hydrogen-bond acceptors (Lipinski definition) is 2. The van der Waals surface area contributed by atoms with E-state index in [2.05, 4.69) is 24.4 Å². The van der Waals surface area contributed by atoms with Gasteiger partial charge in [-0.05, 0) is 24.0 Å². The first-order chi connectivity index (χ1) is 7.76. The smallest absolute Gasteiger partial charge is 0.224 e. The standard InChI is InChI=1S/C13H19NO2/c1-2-11-4-6-12(7-5-11)10-13(16)14-8-3-9-15/h4-7,15H,2-3,8-10H2,1H3,(H,14,16). The van der Waals surface area contributed by atoms with Crippen LogP contribution in [0.2, 0.25) is 0 Å². The van der Waals surface area contributed by atoms with Crippen LogP contribution in [0.25, 0.3) is 0 Å². The molecule has 0 heterocycles. The molecule has 2 N–H and O–H groups in total. The summed E-state index contributed by atoms with van der Waals surface area (Å²) >= 11 is 0. The maximum Gasteiger partial charge on any atom is 0.224 e. The van der Waals surface area contributed by atoms with Crippen molar-refractivity contribution < 1.29 is 9.90 Å². The van der Waals surface area contributed by atoms with E-state index in [0.717, 1.165) is 12.0 Å². The van der Waals surface area contributed by atoms with Crippen molar-refractivity contribution in [1.29, 1.82) is 0 Å². The highest BCUT2D eigenvalue weighted by molar-refractivity contribution is 5.78. The minimum Gasteiger partial charge on any atom is -0.396 e. The van der Waals surface area contributed by atoms with Crippen molar-refractivity contribution in [3.8, 4) is 0 Å². The molecule has 1 rings (SSSR count). The lowest BCUT2D eigenvalue weighted by Gasteiger charge is -2.04. The van der Waals surface area contributed by atoms with Gasteiger partial charge in [-0.25, -0.2) is 0 Å². The summed E-state index contributed by atoms with van der Waals surface area (Å²) in [5.41, 5.74) is 2.31. The van der Waals surface area contributed by atoms with Gasteiger partial charge in [-0.1, -0.05) is 31.2 Å². The Morgan fingerprint density at radius 2 is 1.88 bits per heavy atom. The van der Waals surface area contributed by atoms with Crippen LogP contribution < -0.4 is 5.32 Å². The molecule has 0 spiro atoms. The molecule has 0 unspecified atom stereocenters. The zero-order valence-electron chi connectivity index (χ0n) is 9.70. The Morgan fingerprint density at radius 3 is 2.44 bits per heavy atom. The highest BCUT2D eigenvalue weighted by Crippen LogP contribution is 2.05. The van der Waals surface area contributed by atoms with Gasteiger partial charge < -0.3 is 10.4 Å². The van der Waals surface area contributed by atoms with Gasteiger partial charge in [0.15, 0.2) is 0 Å². The van der Waals surface area contributed by atoms with Crippen LogP contribution in [0.15, 0.2) is 24.3 Å². The van der Waals surface area contributed by atoms with Crippen LogP contribution in [-0.4, -0.2) is 24.2 Å². The van der Waals surface area contributed by atoms with Crippen LogP contribution >= 0.6 is 0 Å². The quantitative estimate of drug-likeness (QED) is 0.711. The largest absolute Gasteiger partial charge is 0.396 e. The molecule has 0 radical (unpaired) electrons. The first-order valence-corrected chi connectivity index (χ1v) is 5.71. The third-order valence-corrected chi connectivity index (χ3v) is 2.45. The minimum atomic E-state index is 0.0118. The monoisotopic (exact) mass is 221 g/mol. The summed E-state index contributed by atoms with van der Waals surface area (Å²) in [5.74, 6) is 0.0118. The summed E-state index contributed by atoms with van der Waals surface area (Å²) in [6.45, 7) is 2.77. The fraction of sp³-hybridized carbons (Fsp3) is 0.462. The van der Waals surface area contributed by atoms with Crippen LogP contribution in [0.1, 0.15) is 24.5 Å². The molecule has 0 atom stereocenters. The van der Waals surface area contributed by atoms with E-state index in [1.54, 1.807) is 0 Å². The van der Waals surface area contributed by atoms with Crippen molar-refractivity contribution in [3.05, 3.63) is 35.4 Å². The van der Waals surface area contributed by atoms with E-state index >= 15 is 0 Å². The number of amides is 1. The number of carbonyl (C=O) groups is 1. The second kappa shape index (κ2) is 7.01. The van der Waals surface area contributed by atoms with Gasteiger partial charge in [0.05, 0.1) is 6.42 Å². The van der Waals surface area contributed by atoms with Gasteiger partial charge in [-0.15, -0.1) is 0 Å². The van der Waals surface area contributed by atoms with Crippen LogP contribution in [-0.2, 0) is 17.6 Å². The summed E-state index contributed by atoms with van der Waals surface area (Å²) in [5, 5.41) is 11.3. The summed E-state index contributed by atoms with van der Waals surface area (Å²) < 4.78 is 0. The maximum atomic E-state index is 11.4. The fourth-order valence-corrected chi connectivity index (χ4v) is 1.45. The summed E-state index contributed by atoms with van der Waals surface area (Å²) in [7, 11) is 0. The van der Waals surface area contributed by atoms with Crippen molar-refractivity contribution in [3.63, 3.8) is 0 Å². The molecule has 0 fully saturated rings. The minimum absolute atomic E-state index is 0.0118. The van der Waals surface area contributed by atoms with E-state index in [9.17, 15) is 4.79 Å². The van der Waals surface area contributed by atoms with Crippen LogP contribution in [0.3, 0.4) is 0 Å². The number of aryl methyl sites for hydroxylation is 1. The highest BCUT2D eigenvalue weighted by atomic mass is 16.3. The van der Waals surface area contributed by atoms with E-state index in [0.29, 0.717) is 19.4 Å². The first-order valence-electron chi connectivity index (χ1n) is 5.71. The number of hydrogen-bond donors (Lipinski definition) is 2. The lowest BCUT2D eigenvalue weighted by Crippen LogP contribution is -2.26. The number of carbonyl (C=O) groups excluding carboxylic acids is 1. The second-order valence-electron chi connectivity index (χ2n) is 3.77. The van der Waals surface area contributed by atoms with E-state index in [4.69, 9.17) is 5.11 Å². The van der Waals surface area contributed by atoms with Crippen molar-refractivity contribution in [2.45, 2.75) is 26.2 Å². The molecular formula is C13H19NO2. The molecule has 0 saturated heterocycles. The van der Waals surface area contributed by atoms with Crippen LogP contribution in [0, 0.1) is 0 Å². The van der Waals surface area contributed by atoms with Gasteiger partial charge in [0, 0.05) is 13.2 Å². The molecule has 88 valence electrons. The molecule has 0 aliphatic heterocycles.